The Kier molecular flexibility index (Phi) is 6.48. The summed E-state index contributed by atoms with van der Waals surface area (Å²) in [6.07, 6.45) is 0. The molecule has 0 bridgehead atoms. The minimum absolute atomic E-state index is 0.0851. The van der Waals surface area contributed by atoms with Gasteiger partial charge >= 0.3 is 0 Å². The Balaban J connectivity index is 1.51. The Morgan fingerprint density at radius 3 is 2.72 bits per heavy atom. The van der Waals surface area contributed by atoms with Gasteiger partial charge < -0.3 is 10.1 Å². The molecule has 0 aliphatic rings. The second-order valence-electron chi connectivity index (χ2n) is 5.18. The summed E-state index contributed by atoms with van der Waals surface area (Å²) < 4.78 is 5.59. The third-order valence-corrected chi connectivity index (χ3v) is 5.13. The molecule has 0 aliphatic heterocycles. The summed E-state index contributed by atoms with van der Waals surface area (Å²) in [6.45, 7) is 0.892. The molecule has 25 heavy (non-hydrogen) atoms. The number of amides is 1. The summed E-state index contributed by atoms with van der Waals surface area (Å²) in [7, 11) is 0. The molecule has 0 atom stereocenters. The van der Waals surface area contributed by atoms with Crippen LogP contribution in [0.5, 0.6) is 5.75 Å². The molecule has 1 amide bonds. The Bertz CT molecular complexity index is 792. The van der Waals surface area contributed by atoms with Crippen LogP contribution >= 0.6 is 23.1 Å². The molecule has 1 aromatic heterocycles. The highest BCUT2D eigenvalue weighted by molar-refractivity contribution is 7.98. The molecule has 0 fully saturated rings. The second kappa shape index (κ2) is 9.25. The van der Waals surface area contributed by atoms with Gasteiger partial charge in [-0.3, -0.25) is 4.79 Å². The SMILES string of the molecule is O=C(NCCOc1ccccc1)c1ccccc1SCc1cscn1. The zero-order valence-corrected chi connectivity index (χ0v) is 15.2. The van der Waals surface area contributed by atoms with Crippen molar-refractivity contribution < 1.29 is 9.53 Å². The van der Waals surface area contributed by atoms with Gasteiger partial charge in [-0.2, -0.15) is 0 Å². The third-order valence-electron chi connectivity index (χ3n) is 3.39. The van der Waals surface area contributed by atoms with E-state index < -0.39 is 0 Å². The van der Waals surface area contributed by atoms with Gasteiger partial charge in [0.2, 0.25) is 0 Å². The Labute approximate surface area is 155 Å². The number of hydrogen-bond acceptors (Lipinski definition) is 5. The van der Waals surface area contributed by atoms with Gasteiger partial charge in [0.25, 0.3) is 5.91 Å². The van der Waals surface area contributed by atoms with E-state index in [1.807, 2.05) is 65.5 Å². The number of ether oxygens (including phenoxy) is 1. The van der Waals surface area contributed by atoms with E-state index in [9.17, 15) is 4.79 Å². The van der Waals surface area contributed by atoms with E-state index in [1.54, 1.807) is 23.1 Å². The predicted molar refractivity (Wildman–Crippen MR) is 102 cm³/mol. The molecule has 0 saturated heterocycles. The number of nitrogens with zero attached hydrogens (tertiary/aromatic N) is 1. The van der Waals surface area contributed by atoms with Crippen molar-refractivity contribution in [1.29, 1.82) is 0 Å². The van der Waals surface area contributed by atoms with Gasteiger partial charge in [0.15, 0.2) is 0 Å². The van der Waals surface area contributed by atoms with Gasteiger partial charge in [0.05, 0.1) is 23.3 Å². The van der Waals surface area contributed by atoms with Gasteiger partial charge in [0.1, 0.15) is 12.4 Å². The van der Waals surface area contributed by atoms with Gasteiger partial charge in [0, 0.05) is 16.0 Å². The van der Waals surface area contributed by atoms with Crippen molar-refractivity contribution in [2.45, 2.75) is 10.6 Å². The van der Waals surface area contributed by atoms with Crippen molar-refractivity contribution in [3.05, 3.63) is 76.7 Å². The fourth-order valence-corrected chi connectivity index (χ4v) is 3.80. The second-order valence-corrected chi connectivity index (χ2v) is 6.92. The van der Waals surface area contributed by atoms with Crippen LogP contribution in [0.4, 0.5) is 0 Å². The first-order valence-corrected chi connectivity index (χ1v) is 9.81. The molecule has 6 heteroatoms. The number of thiazole rings is 1. The van der Waals surface area contributed by atoms with E-state index in [0.717, 1.165) is 22.1 Å². The molecule has 0 radical (unpaired) electrons. The average Bonchev–Trinajstić information content (AvgIpc) is 3.18. The summed E-state index contributed by atoms with van der Waals surface area (Å²) in [6, 6.07) is 17.2. The summed E-state index contributed by atoms with van der Waals surface area (Å²) in [5.41, 5.74) is 3.53. The van der Waals surface area contributed by atoms with Crippen LogP contribution in [0.1, 0.15) is 16.1 Å². The maximum absolute atomic E-state index is 12.4. The number of carbonyl (C=O) groups excluding carboxylic acids is 1. The number of rotatable bonds is 8. The van der Waals surface area contributed by atoms with E-state index in [4.69, 9.17) is 4.74 Å². The first-order chi connectivity index (χ1) is 12.3. The molecule has 0 unspecified atom stereocenters. The molecule has 2 aromatic carbocycles. The first kappa shape index (κ1) is 17.5. The number of aromatic nitrogens is 1. The lowest BCUT2D eigenvalue weighted by Gasteiger charge is -2.10. The van der Waals surface area contributed by atoms with Crippen LogP contribution in [0.25, 0.3) is 0 Å². The first-order valence-electron chi connectivity index (χ1n) is 7.88. The van der Waals surface area contributed by atoms with E-state index in [2.05, 4.69) is 10.3 Å². The number of carbonyl (C=O) groups is 1. The Hall–Kier alpha value is -2.31. The lowest BCUT2D eigenvalue weighted by molar-refractivity contribution is 0.0944. The van der Waals surface area contributed by atoms with Crippen LogP contribution < -0.4 is 10.1 Å². The van der Waals surface area contributed by atoms with Crippen molar-refractivity contribution in [3.8, 4) is 5.75 Å². The summed E-state index contributed by atoms with van der Waals surface area (Å²) >= 11 is 3.20. The van der Waals surface area contributed by atoms with Gasteiger partial charge in [-0.1, -0.05) is 30.3 Å². The molecule has 0 saturated carbocycles. The standard InChI is InChI=1S/C19H18N2O2S2/c22-19(20-10-11-23-16-6-2-1-3-7-16)17-8-4-5-9-18(17)25-13-15-12-24-14-21-15/h1-9,12,14H,10-11,13H2,(H,20,22). The molecule has 0 spiro atoms. The van der Waals surface area contributed by atoms with Crippen molar-refractivity contribution in [3.63, 3.8) is 0 Å². The predicted octanol–water partition coefficient (Wildman–Crippen LogP) is 4.24. The summed E-state index contributed by atoms with van der Waals surface area (Å²) in [5.74, 6) is 1.47. The lowest BCUT2D eigenvalue weighted by Crippen LogP contribution is -2.28. The number of nitrogens with one attached hydrogen (secondary N) is 1. The minimum Gasteiger partial charge on any atom is -0.492 e. The van der Waals surface area contributed by atoms with Gasteiger partial charge in [-0.05, 0) is 24.3 Å². The van der Waals surface area contributed by atoms with E-state index in [0.29, 0.717) is 18.7 Å². The maximum Gasteiger partial charge on any atom is 0.252 e. The van der Waals surface area contributed by atoms with Crippen molar-refractivity contribution >= 4 is 29.0 Å². The van der Waals surface area contributed by atoms with Crippen LogP contribution in [0.3, 0.4) is 0 Å². The zero-order valence-electron chi connectivity index (χ0n) is 13.6. The molecular weight excluding hydrogens is 352 g/mol. The number of hydrogen-bond donors (Lipinski definition) is 1. The normalized spacial score (nSPS) is 10.4. The van der Waals surface area contributed by atoms with Crippen LogP contribution in [0, 0.1) is 0 Å². The minimum atomic E-state index is -0.0851. The van der Waals surface area contributed by atoms with Crippen molar-refractivity contribution in [2.24, 2.45) is 0 Å². The van der Waals surface area contributed by atoms with Gasteiger partial charge in [-0.15, -0.1) is 23.1 Å². The van der Waals surface area contributed by atoms with Crippen molar-refractivity contribution in [2.75, 3.05) is 13.2 Å². The molecule has 3 aromatic rings. The van der Waals surface area contributed by atoms with E-state index in [-0.39, 0.29) is 5.91 Å². The van der Waals surface area contributed by atoms with Crippen LogP contribution in [-0.2, 0) is 5.75 Å². The maximum atomic E-state index is 12.4. The van der Waals surface area contributed by atoms with Gasteiger partial charge in [-0.25, -0.2) is 4.98 Å². The number of thioether (sulfide) groups is 1. The topological polar surface area (TPSA) is 51.2 Å². The summed E-state index contributed by atoms with van der Waals surface area (Å²) in [5, 5.41) is 4.94. The lowest BCUT2D eigenvalue weighted by atomic mass is 10.2. The molecule has 4 nitrogen and oxygen atoms in total. The molecule has 0 aliphatic carbocycles. The van der Waals surface area contributed by atoms with Crippen molar-refractivity contribution in [1.82, 2.24) is 10.3 Å². The Morgan fingerprint density at radius 2 is 1.92 bits per heavy atom. The van der Waals surface area contributed by atoms with Crippen LogP contribution in [-0.4, -0.2) is 24.0 Å². The van der Waals surface area contributed by atoms with Crippen LogP contribution in [0.15, 0.2) is 70.4 Å². The van der Waals surface area contributed by atoms with E-state index in [1.165, 1.54) is 0 Å². The molecule has 128 valence electrons. The molecule has 3 rings (SSSR count). The average molecular weight is 370 g/mol. The molecular formula is C19H18N2O2S2. The highest BCUT2D eigenvalue weighted by Crippen LogP contribution is 2.26. The van der Waals surface area contributed by atoms with Crippen LogP contribution in [0.2, 0.25) is 0 Å². The largest absolute Gasteiger partial charge is 0.492 e. The number of para-hydroxylation sites is 1. The molecule has 1 N–H and O–H groups in total. The monoisotopic (exact) mass is 370 g/mol. The number of benzene rings is 2. The third kappa shape index (κ3) is 5.34. The van der Waals surface area contributed by atoms with E-state index >= 15 is 0 Å². The smallest absolute Gasteiger partial charge is 0.252 e. The fourth-order valence-electron chi connectivity index (χ4n) is 2.19. The molecule has 1 heterocycles. The quantitative estimate of drug-likeness (QED) is 0.476. The highest BCUT2D eigenvalue weighted by Gasteiger charge is 2.11. The zero-order chi connectivity index (χ0) is 17.3. The summed E-state index contributed by atoms with van der Waals surface area (Å²) in [4.78, 5) is 17.7. The Morgan fingerprint density at radius 1 is 1.12 bits per heavy atom. The fraction of sp³-hybridized carbons (Fsp3) is 0.158. The highest BCUT2D eigenvalue weighted by atomic mass is 32.2.